The summed E-state index contributed by atoms with van der Waals surface area (Å²) in [5.41, 5.74) is 2.81. The van der Waals surface area contributed by atoms with Crippen LogP contribution in [0.5, 0.6) is 17.4 Å². The Hall–Kier alpha value is -2.91. The first-order valence-electron chi connectivity index (χ1n) is 13.0. The Morgan fingerprint density at radius 1 is 1.14 bits per heavy atom. The Morgan fingerprint density at radius 2 is 1.92 bits per heavy atom. The minimum Gasteiger partial charge on any atom is -0.497 e. The van der Waals surface area contributed by atoms with Crippen molar-refractivity contribution in [2.45, 2.75) is 51.5 Å². The van der Waals surface area contributed by atoms with Gasteiger partial charge in [-0.15, -0.1) is 0 Å². The van der Waals surface area contributed by atoms with Crippen molar-refractivity contribution in [2.24, 2.45) is 7.05 Å². The number of aliphatic hydroxyl groups excluding tert-OH is 1. The second-order valence-electron chi connectivity index (χ2n) is 9.77. The summed E-state index contributed by atoms with van der Waals surface area (Å²) < 4.78 is 25.2. The number of rotatable bonds is 13. The predicted molar refractivity (Wildman–Crippen MR) is 143 cm³/mol. The van der Waals surface area contributed by atoms with E-state index in [1.54, 1.807) is 11.8 Å². The van der Waals surface area contributed by atoms with Crippen molar-refractivity contribution >= 4 is 0 Å². The molecule has 0 aliphatic carbocycles. The maximum absolute atomic E-state index is 10.8. The lowest BCUT2D eigenvalue weighted by molar-refractivity contribution is -0.0172. The Labute approximate surface area is 219 Å². The molecule has 1 saturated heterocycles. The van der Waals surface area contributed by atoms with Crippen LogP contribution >= 0.6 is 0 Å². The molecule has 37 heavy (non-hydrogen) atoms. The van der Waals surface area contributed by atoms with E-state index in [4.69, 9.17) is 24.0 Å². The van der Waals surface area contributed by atoms with Gasteiger partial charge in [-0.3, -0.25) is 4.90 Å². The van der Waals surface area contributed by atoms with Gasteiger partial charge in [0.15, 0.2) is 0 Å². The lowest BCUT2D eigenvalue weighted by atomic mass is 10.1. The summed E-state index contributed by atoms with van der Waals surface area (Å²) in [4.78, 5) is 2.23. The summed E-state index contributed by atoms with van der Waals surface area (Å²) >= 11 is 0. The molecule has 0 saturated carbocycles. The van der Waals surface area contributed by atoms with E-state index >= 15 is 0 Å². The molecule has 8 nitrogen and oxygen atoms in total. The Bertz CT molecular complexity index is 1110. The van der Waals surface area contributed by atoms with Gasteiger partial charge in [-0.05, 0) is 38.8 Å². The molecule has 2 aromatic carbocycles. The molecule has 1 aliphatic heterocycles. The van der Waals surface area contributed by atoms with E-state index in [2.05, 4.69) is 17.0 Å². The molecule has 1 fully saturated rings. The largest absolute Gasteiger partial charge is 0.497 e. The summed E-state index contributed by atoms with van der Waals surface area (Å²) in [6.07, 6.45) is 1.65. The zero-order valence-electron chi connectivity index (χ0n) is 22.3. The first-order valence-corrected chi connectivity index (χ1v) is 13.0. The van der Waals surface area contributed by atoms with E-state index in [-0.39, 0.29) is 18.8 Å². The molecule has 0 bridgehead atoms. The van der Waals surface area contributed by atoms with Gasteiger partial charge in [0.05, 0.1) is 37.6 Å². The second-order valence-corrected chi connectivity index (χ2v) is 9.77. The highest BCUT2D eigenvalue weighted by molar-refractivity contribution is 5.65. The lowest BCUT2D eigenvalue weighted by Gasteiger charge is -2.28. The fourth-order valence-electron chi connectivity index (χ4n) is 4.58. The number of aromatic nitrogens is 2. The Morgan fingerprint density at radius 3 is 2.62 bits per heavy atom. The van der Waals surface area contributed by atoms with Gasteiger partial charge < -0.3 is 24.1 Å². The van der Waals surface area contributed by atoms with Crippen LogP contribution in [0.2, 0.25) is 0 Å². The van der Waals surface area contributed by atoms with E-state index in [1.165, 1.54) is 0 Å². The van der Waals surface area contributed by atoms with Gasteiger partial charge >= 0.3 is 0 Å². The van der Waals surface area contributed by atoms with E-state index in [0.29, 0.717) is 31.3 Å². The highest BCUT2D eigenvalue weighted by Crippen LogP contribution is 2.35. The van der Waals surface area contributed by atoms with Gasteiger partial charge in [0.25, 0.3) is 0 Å². The maximum atomic E-state index is 10.8. The van der Waals surface area contributed by atoms with Gasteiger partial charge in [0.2, 0.25) is 5.88 Å². The van der Waals surface area contributed by atoms with Crippen molar-refractivity contribution < 1.29 is 24.1 Å². The normalized spacial score (nSPS) is 16.5. The summed E-state index contributed by atoms with van der Waals surface area (Å²) in [7, 11) is 3.53. The summed E-state index contributed by atoms with van der Waals surface area (Å²) in [6.45, 7) is 6.71. The quantitative estimate of drug-likeness (QED) is 0.359. The highest BCUT2D eigenvalue weighted by Gasteiger charge is 2.26. The van der Waals surface area contributed by atoms with E-state index in [9.17, 15) is 5.11 Å². The van der Waals surface area contributed by atoms with E-state index < -0.39 is 6.10 Å². The number of hydrogen-bond acceptors (Lipinski definition) is 7. The summed E-state index contributed by atoms with van der Waals surface area (Å²) in [6, 6.07) is 17.7. The molecule has 200 valence electrons. The van der Waals surface area contributed by atoms with Crippen molar-refractivity contribution in [3.63, 3.8) is 0 Å². The monoisotopic (exact) mass is 509 g/mol. The average Bonchev–Trinajstić information content (AvgIpc) is 3.52. The number of aliphatic hydroxyl groups is 1. The van der Waals surface area contributed by atoms with Crippen molar-refractivity contribution in [1.82, 2.24) is 14.7 Å². The standard InChI is InChI=1S/C29H39N3O5/c1-21(2)36-20-23(33)17-32(18-26-14-9-15-35-26)19-27-28(22-10-6-5-7-11-22)30-31(3)29(27)37-25-13-8-12-24(16-25)34-4/h5-8,10-13,16,21,23,26,33H,9,14-15,17-20H2,1-4H3/t23-,26+/m0/s1. The van der Waals surface area contributed by atoms with Gasteiger partial charge in [-0.2, -0.15) is 5.10 Å². The van der Waals surface area contributed by atoms with E-state index in [1.807, 2.05) is 63.4 Å². The molecule has 1 aliphatic rings. The first kappa shape index (κ1) is 27.1. The van der Waals surface area contributed by atoms with Crippen LogP contribution in [0.1, 0.15) is 32.3 Å². The fourth-order valence-corrected chi connectivity index (χ4v) is 4.58. The van der Waals surface area contributed by atoms with Crippen LogP contribution in [-0.4, -0.2) is 71.5 Å². The second kappa shape index (κ2) is 13.1. The van der Waals surface area contributed by atoms with Crippen molar-refractivity contribution in [1.29, 1.82) is 0 Å². The number of ether oxygens (including phenoxy) is 4. The minimum absolute atomic E-state index is 0.0622. The van der Waals surface area contributed by atoms with Crippen molar-refractivity contribution in [3.05, 3.63) is 60.2 Å². The smallest absolute Gasteiger partial charge is 0.222 e. The van der Waals surface area contributed by atoms with Crippen LogP contribution in [0.15, 0.2) is 54.6 Å². The molecular formula is C29H39N3O5. The summed E-state index contributed by atoms with van der Waals surface area (Å²) in [5, 5.41) is 15.7. The van der Waals surface area contributed by atoms with Crippen molar-refractivity contribution in [2.75, 3.05) is 33.4 Å². The third-order valence-corrected chi connectivity index (χ3v) is 6.35. The topological polar surface area (TPSA) is 78.2 Å². The van der Waals surface area contributed by atoms with Gasteiger partial charge in [0.1, 0.15) is 17.2 Å². The molecule has 0 radical (unpaired) electrons. The molecule has 2 heterocycles. The third-order valence-electron chi connectivity index (χ3n) is 6.35. The molecule has 8 heteroatoms. The van der Waals surface area contributed by atoms with Gasteiger partial charge in [-0.1, -0.05) is 36.4 Å². The number of hydrogen-bond donors (Lipinski definition) is 1. The van der Waals surface area contributed by atoms with Crippen LogP contribution in [0, 0.1) is 0 Å². The Balaban J connectivity index is 1.66. The highest BCUT2D eigenvalue weighted by atomic mass is 16.5. The number of methoxy groups -OCH3 is 1. The Kier molecular flexibility index (Phi) is 9.57. The number of benzene rings is 2. The molecule has 0 amide bonds. The molecule has 0 spiro atoms. The van der Waals surface area contributed by atoms with Crippen LogP contribution in [0.4, 0.5) is 0 Å². The number of nitrogens with zero attached hydrogens (tertiary/aromatic N) is 3. The molecule has 1 aromatic heterocycles. The number of aryl methyl sites for hydroxylation is 1. The maximum Gasteiger partial charge on any atom is 0.222 e. The molecule has 4 rings (SSSR count). The SMILES string of the molecule is COc1cccc(Oc2c(CN(C[C@H](O)COC(C)C)C[C@H]3CCCO3)c(-c3ccccc3)nn2C)c1. The molecular weight excluding hydrogens is 470 g/mol. The molecule has 2 atom stereocenters. The molecule has 0 unspecified atom stereocenters. The predicted octanol–water partition coefficient (Wildman–Crippen LogP) is 4.65. The fraction of sp³-hybridized carbons (Fsp3) is 0.483. The van der Waals surface area contributed by atoms with Crippen molar-refractivity contribution in [3.8, 4) is 28.6 Å². The lowest BCUT2D eigenvalue weighted by Crippen LogP contribution is -2.39. The zero-order chi connectivity index (χ0) is 26.2. The first-order chi connectivity index (χ1) is 17.9. The minimum atomic E-state index is -0.622. The van der Waals surface area contributed by atoms with Crippen LogP contribution < -0.4 is 9.47 Å². The van der Waals surface area contributed by atoms with E-state index in [0.717, 1.165) is 42.0 Å². The molecule has 1 N–H and O–H groups in total. The molecule has 3 aromatic rings. The van der Waals surface area contributed by atoms with Gasteiger partial charge in [0, 0.05) is 44.9 Å². The zero-order valence-corrected chi connectivity index (χ0v) is 22.3. The van der Waals surface area contributed by atoms with Crippen LogP contribution in [-0.2, 0) is 23.1 Å². The average molecular weight is 510 g/mol. The third kappa shape index (κ3) is 7.55. The van der Waals surface area contributed by atoms with Crippen LogP contribution in [0.3, 0.4) is 0 Å². The van der Waals surface area contributed by atoms with Crippen LogP contribution in [0.25, 0.3) is 11.3 Å². The van der Waals surface area contributed by atoms with Gasteiger partial charge in [-0.25, -0.2) is 4.68 Å². The summed E-state index contributed by atoms with van der Waals surface area (Å²) in [5.74, 6) is 2.04.